The predicted octanol–water partition coefficient (Wildman–Crippen LogP) is 3.00. The summed E-state index contributed by atoms with van der Waals surface area (Å²) in [6.45, 7) is 2.51. The molecule has 0 saturated heterocycles. The Balaban J connectivity index is 2.88. The van der Waals surface area contributed by atoms with Crippen molar-refractivity contribution in [2.24, 2.45) is 0 Å². The van der Waals surface area contributed by atoms with E-state index in [1.54, 1.807) is 0 Å². The van der Waals surface area contributed by atoms with Crippen LogP contribution in [0.15, 0.2) is 29.2 Å². The SMILES string of the molecule is CCCCCCN(C(=O)O)c1ccc(S(=O)(=O)N(C)C)cc1. The number of hydrogen-bond acceptors (Lipinski definition) is 3. The monoisotopic (exact) mass is 328 g/mol. The molecule has 0 radical (unpaired) electrons. The van der Waals surface area contributed by atoms with Gasteiger partial charge in [-0.25, -0.2) is 17.5 Å². The van der Waals surface area contributed by atoms with Gasteiger partial charge in [-0.2, -0.15) is 0 Å². The van der Waals surface area contributed by atoms with Crippen molar-refractivity contribution < 1.29 is 18.3 Å². The van der Waals surface area contributed by atoms with Gasteiger partial charge in [0.1, 0.15) is 0 Å². The quantitative estimate of drug-likeness (QED) is 0.744. The number of carboxylic acid groups (broad SMARTS) is 1. The highest BCUT2D eigenvalue weighted by molar-refractivity contribution is 7.89. The maximum atomic E-state index is 12.0. The first-order chi connectivity index (χ1) is 10.3. The molecule has 1 amide bonds. The summed E-state index contributed by atoms with van der Waals surface area (Å²) in [7, 11) is -0.579. The van der Waals surface area contributed by atoms with Gasteiger partial charge in [0.15, 0.2) is 0 Å². The number of sulfonamides is 1. The zero-order valence-corrected chi connectivity index (χ0v) is 14.1. The number of anilines is 1. The van der Waals surface area contributed by atoms with Crippen LogP contribution in [0.2, 0.25) is 0 Å². The highest BCUT2D eigenvalue weighted by atomic mass is 32.2. The fourth-order valence-corrected chi connectivity index (χ4v) is 2.94. The number of benzene rings is 1. The van der Waals surface area contributed by atoms with Gasteiger partial charge in [-0.1, -0.05) is 26.2 Å². The first kappa shape index (κ1) is 18.4. The Kier molecular flexibility index (Phi) is 6.83. The first-order valence-corrected chi connectivity index (χ1v) is 8.77. The van der Waals surface area contributed by atoms with Crippen LogP contribution in [0, 0.1) is 0 Å². The van der Waals surface area contributed by atoms with Gasteiger partial charge in [0, 0.05) is 26.3 Å². The second-order valence-electron chi connectivity index (χ2n) is 5.28. The van der Waals surface area contributed by atoms with E-state index in [0.29, 0.717) is 12.2 Å². The van der Waals surface area contributed by atoms with E-state index in [1.165, 1.54) is 43.3 Å². The van der Waals surface area contributed by atoms with Crippen molar-refractivity contribution in [2.75, 3.05) is 25.5 Å². The van der Waals surface area contributed by atoms with Crippen molar-refractivity contribution in [3.8, 4) is 0 Å². The minimum atomic E-state index is -3.50. The summed E-state index contributed by atoms with van der Waals surface area (Å²) in [5.74, 6) is 0. The molecular weight excluding hydrogens is 304 g/mol. The molecule has 1 aromatic rings. The molecule has 0 bridgehead atoms. The summed E-state index contributed by atoms with van der Waals surface area (Å²) in [5, 5.41) is 9.30. The van der Waals surface area contributed by atoms with Crippen LogP contribution < -0.4 is 4.90 Å². The summed E-state index contributed by atoms with van der Waals surface area (Å²) in [5.41, 5.74) is 0.488. The molecule has 1 aromatic carbocycles. The molecule has 0 aliphatic rings. The van der Waals surface area contributed by atoms with Gasteiger partial charge >= 0.3 is 6.09 Å². The maximum absolute atomic E-state index is 12.0. The smallest absolute Gasteiger partial charge is 0.411 e. The fourth-order valence-electron chi connectivity index (χ4n) is 2.04. The number of amides is 1. The van der Waals surface area contributed by atoms with Crippen LogP contribution in [0.1, 0.15) is 32.6 Å². The standard InChI is InChI=1S/C15H24N2O4S/c1-4-5-6-7-12-17(15(18)19)13-8-10-14(11-9-13)22(20,21)16(2)3/h8-11H,4-7,12H2,1-3H3,(H,18,19). The van der Waals surface area contributed by atoms with Crippen LogP contribution in [-0.2, 0) is 10.0 Å². The van der Waals surface area contributed by atoms with Crippen molar-refractivity contribution in [2.45, 2.75) is 37.5 Å². The first-order valence-electron chi connectivity index (χ1n) is 7.33. The van der Waals surface area contributed by atoms with E-state index in [-0.39, 0.29) is 4.90 Å². The summed E-state index contributed by atoms with van der Waals surface area (Å²) in [4.78, 5) is 12.8. The molecule has 124 valence electrons. The van der Waals surface area contributed by atoms with E-state index in [1.807, 2.05) is 0 Å². The molecule has 0 aliphatic heterocycles. The molecule has 6 nitrogen and oxygen atoms in total. The normalized spacial score (nSPS) is 11.6. The van der Waals surface area contributed by atoms with E-state index in [4.69, 9.17) is 0 Å². The van der Waals surface area contributed by atoms with Crippen molar-refractivity contribution in [3.05, 3.63) is 24.3 Å². The average molecular weight is 328 g/mol. The van der Waals surface area contributed by atoms with Gasteiger partial charge in [-0.15, -0.1) is 0 Å². The zero-order chi connectivity index (χ0) is 16.8. The van der Waals surface area contributed by atoms with Crippen LogP contribution in [0.3, 0.4) is 0 Å². The maximum Gasteiger partial charge on any atom is 0.411 e. The molecule has 22 heavy (non-hydrogen) atoms. The van der Waals surface area contributed by atoms with E-state index in [0.717, 1.165) is 30.0 Å². The minimum Gasteiger partial charge on any atom is -0.465 e. The molecule has 0 atom stereocenters. The van der Waals surface area contributed by atoms with Gasteiger partial charge in [-0.3, -0.25) is 4.90 Å². The van der Waals surface area contributed by atoms with Crippen LogP contribution in [0.4, 0.5) is 10.5 Å². The van der Waals surface area contributed by atoms with E-state index in [2.05, 4.69) is 6.92 Å². The Hall–Kier alpha value is -1.60. The summed E-state index contributed by atoms with van der Waals surface area (Å²) < 4.78 is 25.1. The number of hydrogen-bond donors (Lipinski definition) is 1. The summed E-state index contributed by atoms with van der Waals surface area (Å²) in [6.07, 6.45) is 2.91. The van der Waals surface area contributed by atoms with Crippen LogP contribution >= 0.6 is 0 Å². The zero-order valence-electron chi connectivity index (χ0n) is 13.3. The highest BCUT2D eigenvalue weighted by Crippen LogP contribution is 2.20. The summed E-state index contributed by atoms with van der Waals surface area (Å²) >= 11 is 0. The topological polar surface area (TPSA) is 77.9 Å². The number of rotatable bonds is 8. The Morgan fingerprint density at radius 2 is 1.68 bits per heavy atom. The molecule has 1 N–H and O–H groups in total. The van der Waals surface area contributed by atoms with Crippen LogP contribution in [0.5, 0.6) is 0 Å². The van der Waals surface area contributed by atoms with Gasteiger partial charge in [0.25, 0.3) is 0 Å². The third-order valence-electron chi connectivity index (χ3n) is 3.39. The second kappa shape index (κ2) is 8.14. The van der Waals surface area contributed by atoms with Gasteiger partial charge in [0.05, 0.1) is 4.90 Å². The summed E-state index contributed by atoms with van der Waals surface area (Å²) in [6, 6.07) is 5.94. The Morgan fingerprint density at radius 1 is 1.09 bits per heavy atom. The highest BCUT2D eigenvalue weighted by Gasteiger charge is 2.19. The largest absolute Gasteiger partial charge is 0.465 e. The lowest BCUT2D eigenvalue weighted by atomic mass is 10.2. The van der Waals surface area contributed by atoms with Gasteiger partial charge < -0.3 is 5.11 Å². The lowest BCUT2D eigenvalue weighted by Gasteiger charge is -2.20. The van der Waals surface area contributed by atoms with Crippen molar-refractivity contribution in [3.63, 3.8) is 0 Å². The van der Waals surface area contributed by atoms with Crippen molar-refractivity contribution in [1.82, 2.24) is 4.31 Å². The molecular formula is C15H24N2O4S. The molecule has 0 aromatic heterocycles. The lowest BCUT2D eigenvalue weighted by molar-refractivity contribution is 0.201. The molecule has 0 saturated carbocycles. The number of unbranched alkanes of at least 4 members (excludes halogenated alkanes) is 3. The van der Waals surface area contributed by atoms with Gasteiger partial charge in [-0.05, 0) is 30.7 Å². The third-order valence-corrected chi connectivity index (χ3v) is 5.22. The Labute approximate surface area is 132 Å². The molecule has 0 aliphatic carbocycles. The number of carbonyl (C=O) groups is 1. The van der Waals surface area contributed by atoms with Crippen LogP contribution in [-0.4, -0.2) is 44.6 Å². The Morgan fingerprint density at radius 3 is 2.14 bits per heavy atom. The predicted molar refractivity (Wildman–Crippen MR) is 86.8 cm³/mol. The van der Waals surface area contributed by atoms with E-state index in [9.17, 15) is 18.3 Å². The molecule has 1 rings (SSSR count). The molecule has 0 fully saturated rings. The van der Waals surface area contributed by atoms with E-state index < -0.39 is 16.1 Å². The second-order valence-corrected chi connectivity index (χ2v) is 7.43. The molecule has 0 unspecified atom stereocenters. The molecule has 0 heterocycles. The van der Waals surface area contributed by atoms with Crippen LogP contribution in [0.25, 0.3) is 0 Å². The molecule has 0 spiro atoms. The average Bonchev–Trinajstić information content (AvgIpc) is 2.47. The lowest BCUT2D eigenvalue weighted by Crippen LogP contribution is -2.30. The van der Waals surface area contributed by atoms with Crippen molar-refractivity contribution >= 4 is 21.8 Å². The number of nitrogens with zero attached hydrogens (tertiary/aromatic N) is 2. The molecule has 7 heteroatoms. The fraction of sp³-hybridized carbons (Fsp3) is 0.533. The third kappa shape index (κ3) is 4.71. The minimum absolute atomic E-state index is 0.151. The van der Waals surface area contributed by atoms with Crippen molar-refractivity contribution in [1.29, 1.82) is 0 Å². The van der Waals surface area contributed by atoms with Gasteiger partial charge in [0.2, 0.25) is 10.0 Å². The Bertz CT molecular complexity index is 582. The van der Waals surface area contributed by atoms with E-state index >= 15 is 0 Å².